The van der Waals surface area contributed by atoms with Crippen LogP contribution in [-0.4, -0.2) is 23.9 Å². The second-order valence-corrected chi connectivity index (χ2v) is 8.55. The number of nitrogens with two attached hydrogens (primary N) is 1. The summed E-state index contributed by atoms with van der Waals surface area (Å²) in [5.41, 5.74) is 12.0. The molecule has 36 heavy (non-hydrogen) atoms. The Morgan fingerprint density at radius 1 is 0.806 bits per heavy atom. The molecular weight excluding hydrogens is 450 g/mol. The second kappa shape index (κ2) is 12.7. The van der Waals surface area contributed by atoms with Gasteiger partial charge in [-0.3, -0.25) is 0 Å². The van der Waals surface area contributed by atoms with Crippen molar-refractivity contribution in [3.8, 4) is 17.3 Å². The fourth-order valence-electron chi connectivity index (χ4n) is 4.06. The van der Waals surface area contributed by atoms with Crippen molar-refractivity contribution < 1.29 is 14.2 Å². The van der Waals surface area contributed by atoms with Crippen molar-refractivity contribution >= 4 is 5.69 Å². The SMILES string of the molecule is Cc1c(C#N)c(N)c(-c2ccccc2)n1COC(COCc1ccccc1)COCc1ccccc1. The highest BCUT2D eigenvalue weighted by atomic mass is 16.6. The van der Waals surface area contributed by atoms with E-state index in [4.69, 9.17) is 19.9 Å². The summed E-state index contributed by atoms with van der Waals surface area (Å²) in [5.74, 6) is 0. The third-order valence-electron chi connectivity index (χ3n) is 5.99. The van der Waals surface area contributed by atoms with Gasteiger partial charge in [0, 0.05) is 11.3 Å². The van der Waals surface area contributed by atoms with Gasteiger partial charge in [-0.1, -0.05) is 91.0 Å². The average Bonchev–Trinajstić information content (AvgIpc) is 3.16. The summed E-state index contributed by atoms with van der Waals surface area (Å²) in [7, 11) is 0. The van der Waals surface area contributed by atoms with Crippen LogP contribution in [-0.2, 0) is 34.2 Å². The van der Waals surface area contributed by atoms with E-state index in [0.29, 0.717) is 37.7 Å². The molecule has 3 aromatic carbocycles. The van der Waals surface area contributed by atoms with Crippen molar-refractivity contribution in [2.75, 3.05) is 18.9 Å². The molecule has 0 aliphatic heterocycles. The average molecular weight is 482 g/mol. The molecule has 0 spiro atoms. The molecule has 0 aliphatic carbocycles. The minimum Gasteiger partial charge on any atom is -0.396 e. The van der Waals surface area contributed by atoms with E-state index in [1.165, 1.54) is 0 Å². The van der Waals surface area contributed by atoms with Crippen LogP contribution in [0.15, 0.2) is 91.0 Å². The first-order valence-corrected chi connectivity index (χ1v) is 12.0. The molecule has 6 heteroatoms. The second-order valence-electron chi connectivity index (χ2n) is 8.55. The summed E-state index contributed by atoms with van der Waals surface area (Å²) in [6, 6.07) is 32.1. The van der Waals surface area contributed by atoms with Gasteiger partial charge in [-0.25, -0.2) is 0 Å². The zero-order chi connectivity index (χ0) is 25.2. The summed E-state index contributed by atoms with van der Waals surface area (Å²) in [5, 5.41) is 9.69. The van der Waals surface area contributed by atoms with Crippen LogP contribution in [0.2, 0.25) is 0 Å². The van der Waals surface area contributed by atoms with Crippen molar-refractivity contribution in [1.29, 1.82) is 5.26 Å². The molecular formula is C30H31N3O3. The van der Waals surface area contributed by atoms with Crippen molar-refractivity contribution in [2.45, 2.75) is 33.0 Å². The number of benzene rings is 3. The molecule has 2 N–H and O–H groups in total. The molecule has 0 fully saturated rings. The maximum absolute atomic E-state index is 9.69. The Morgan fingerprint density at radius 3 is 1.81 bits per heavy atom. The Hall–Kier alpha value is -3.89. The minimum absolute atomic E-state index is 0.218. The fraction of sp³-hybridized carbons (Fsp3) is 0.233. The number of aromatic nitrogens is 1. The van der Waals surface area contributed by atoms with Crippen LogP contribution in [0.1, 0.15) is 22.4 Å². The van der Waals surface area contributed by atoms with Gasteiger partial charge in [0.25, 0.3) is 0 Å². The Kier molecular flexibility index (Phi) is 8.90. The number of hydrogen-bond acceptors (Lipinski definition) is 5. The van der Waals surface area contributed by atoms with Crippen molar-refractivity contribution in [3.63, 3.8) is 0 Å². The van der Waals surface area contributed by atoms with E-state index < -0.39 is 0 Å². The van der Waals surface area contributed by atoms with Gasteiger partial charge in [0.15, 0.2) is 0 Å². The number of nitrogens with zero attached hydrogens (tertiary/aromatic N) is 2. The topological polar surface area (TPSA) is 82.4 Å². The third-order valence-corrected chi connectivity index (χ3v) is 5.99. The lowest BCUT2D eigenvalue weighted by atomic mass is 10.1. The van der Waals surface area contributed by atoms with Crippen molar-refractivity contribution in [3.05, 3.63) is 113 Å². The van der Waals surface area contributed by atoms with Crippen LogP contribution in [0.25, 0.3) is 11.3 Å². The number of anilines is 1. The molecule has 1 heterocycles. The molecule has 6 nitrogen and oxygen atoms in total. The summed E-state index contributed by atoms with van der Waals surface area (Å²) in [6.45, 7) is 3.81. The van der Waals surface area contributed by atoms with E-state index in [0.717, 1.165) is 28.1 Å². The van der Waals surface area contributed by atoms with Gasteiger partial charge in [0.05, 0.1) is 43.4 Å². The number of nitriles is 1. The molecule has 0 aliphatic rings. The predicted octanol–water partition coefficient (Wildman–Crippen LogP) is 5.69. The molecule has 0 unspecified atom stereocenters. The predicted molar refractivity (Wildman–Crippen MR) is 141 cm³/mol. The van der Waals surface area contributed by atoms with Gasteiger partial charge in [-0.2, -0.15) is 5.26 Å². The Morgan fingerprint density at radius 2 is 1.31 bits per heavy atom. The van der Waals surface area contributed by atoms with Gasteiger partial charge in [-0.15, -0.1) is 0 Å². The van der Waals surface area contributed by atoms with Crippen LogP contribution in [0, 0.1) is 18.3 Å². The summed E-state index contributed by atoms with van der Waals surface area (Å²) in [4.78, 5) is 0. The third kappa shape index (κ3) is 6.41. The Labute approximate surface area is 212 Å². The number of rotatable bonds is 12. The Balaban J connectivity index is 1.47. The molecule has 184 valence electrons. The summed E-state index contributed by atoms with van der Waals surface area (Å²) in [6.07, 6.45) is -0.311. The van der Waals surface area contributed by atoms with E-state index in [9.17, 15) is 5.26 Å². The summed E-state index contributed by atoms with van der Waals surface area (Å²) >= 11 is 0. The molecule has 0 saturated carbocycles. The van der Waals surface area contributed by atoms with Gasteiger partial charge < -0.3 is 24.5 Å². The van der Waals surface area contributed by atoms with E-state index >= 15 is 0 Å². The van der Waals surface area contributed by atoms with Gasteiger partial charge in [0.2, 0.25) is 0 Å². The number of hydrogen-bond donors (Lipinski definition) is 1. The molecule has 0 bridgehead atoms. The molecule has 0 amide bonds. The highest BCUT2D eigenvalue weighted by molar-refractivity contribution is 5.80. The maximum atomic E-state index is 9.69. The standard InChI is InChI=1S/C30H31N3O3/c1-23-28(17-31)29(32)30(26-15-9-4-10-16-26)33(23)22-36-27(20-34-18-24-11-5-2-6-12-24)21-35-19-25-13-7-3-8-14-25/h2-16,27H,18-22,32H2,1H3. The first-order chi connectivity index (χ1) is 17.7. The quantitative estimate of drug-likeness (QED) is 0.281. The van der Waals surface area contributed by atoms with Gasteiger partial charge >= 0.3 is 0 Å². The number of ether oxygens (including phenoxy) is 3. The first kappa shape index (κ1) is 25.2. The summed E-state index contributed by atoms with van der Waals surface area (Å²) < 4.78 is 20.2. The van der Waals surface area contributed by atoms with Crippen LogP contribution in [0.4, 0.5) is 5.69 Å². The van der Waals surface area contributed by atoms with E-state index in [-0.39, 0.29) is 12.8 Å². The van der Waals surface area contributed by atoms with E-state index in [2.05, 4.69) is 6.07 Å². The molecule has 0 atom stereocenters. The lowest BCUT2D eigenvalue weighted by molar-refractivity contribution is -0.0873. The highest BCUT2D eigenvalue weighted by Crippen LogP contribution is 2.33. The van der Waals surface area contributed by atoms with Crippen LogP contribution in [0.3, 0.4) is 0 Å². The molecule has 0 saturated heterocycles. The van der Waals surface area contributed by atoms with Crippen molar-refractivity contribution in [1.82, 2.24) is 4.57 Å². The Bertz CT molecular complexity index is 1220. The van der Waals surface area contributed by atoms with Crippen LogP contribution in [0.5, 0.6) is 0 Å². The van der Waals surface area contributed by atoms with Crippen LogP contribution < -0.4 is 5.73 Å². The largest absolute Gasteiger partial charge is 0.396 e. The fourth-order valence-corrected chi connectivity index (χ4v) is 4.06. The van der Waals surface area contributed by atoms with Gasteiger partial charge in [0.1, 0.15) is 18.9 Å². The lowest BCUT2D eigenvalue weighted by Crippen LogP contribution is -2.27. The zero-order valence-corrected chi connectivity index (χ0v) is 20.5. The normalized spacial score (nSPS) is 11.0. The molecule has 4 aromatic rings. The smallest absolute Gasteiger partial charge is 0.123 e. The molecule has 1 aromatic heterocycles. The van der Waals surface area contributed by atoms with Gasteiger partial charge in [-0.05, 0) is 18.1 Å². The van der Waals surface area contributed by atoms with Crippen LogP contribution >= 0.6 is 0 Å². The molecule has 0 radical (unpaired) electrons. The monoisotopic (exact) mass is 481 g/mol. The minimum atomic E-state index is -0.311. The first-order valence-electron chi connectivity index (χ1n) is 12.0. The van der Waals surface area contributed by atoms with E-state index in [1.807, 2.05) is 102 Å². The highest BCUT2D eigenvalue weighted by Gasteiger charge is 2.21. The number of nitrogen functional groups attached to an aromatic ring is 1. The molecule has 4 rings (SSSR count). The van der Waals surface area contributed by atoms with Crippen molar-refractivity contribution in [2.24, 2.45) is 0 Å². The van der Waals surface area contributed by atoms with E-state index in [1.54, 1.807) is 0 Å². The maximum Gasteiger partial charge on any atom is 0.123 e. The zero-order valence-electron chi connectivity index (χ0n) is 20.5. The lowest BCUT2D eigenvalue weighted by Gasteiger charge is -2.21.